The van der Waals surface area contributed by atoms with Gasteiger partial charge in [-0.25, -0.2) is 4.39 Å². The van der Waals surface area contributed by atoms with E-state index < -0.39 is 12.1 Å². The first-order chi connectivity index (χ1) is 15.7. The van der Waals surface area contributed by atoms with Gasteiger partial charge in [-0.1, -0.05) is 12.1 Å². The fourth-order valence-corrected chi connectivity index (χ4v) is 4.11. The molecule has 1 aliphatic rings. The largest absolute Gasteiger partial charge is 0.573 e. The number of pyridine rings is 1. The zero-order valence-electron chi connectivity index (χ0n) is 17.9. The molecule has 3 aromatic rings. The van der Waals surface area contributed by atoms with Crippen molar-refractivity contribution in [3.63, 3.8) is 0 Å². The Morgan fingerprint density at radius 2 is 1.82 bits per heavy atom. The molecule has 33 heavy (non-hydrogen) atoms. The molecule has 174 valence electrons. The van der Waals surface area contributed by atoms with Crippen LogP contribution in [0.1, 0.15) is 17.2 Å². The van der Waals surface area contributed by atoms with E-state index in [-0.39, 0.29) is 23.2 Å². The van der Waals surface area contributed by atoms with Gasteiger partial charge in [-0.15, -0.1) is 13.2 Å². The molecule has 5 nitrogen and oxygen atoms in total. The highest BCUT2D eigenvalue weighted by atomic mass is 19.4. The predicted molar refractivity (Wildman–Crippen MR) is 115 cm³/mol. The molecule has 0 saturated carbocycles. The number of phenols is 1. The lowest BCUT2D eigenvalue weighted by Crippen LogP contribution is -2.46. The number of halogens is 4. The summed E-state index contributed by atoms with van der Waals surface area (Å²) >= 11 is 0. The molecule has 0 bridgehead atoms. The van der Waals surface area contributed by atoms with Gasteiger partial charge in [0.15, 0.2) is 0 Å². The molecule has 0 aliphatic carbocycles. The Balaban J connectivity index is 1.69. The highest BCUT2D eigenvalue weighted by Crippen LogP contribution is 2.38. The van der Waals surface area contributed by atoms with Gasteiger partial charge in [0.05, 0.1) is 0 Å². The number of nitrogens with zero attached hydrogens (tertiary/aromatic N) is 3. The lowest BCUT2D eigenvalue weighted by Gasteiger charge is -2.40. The maximum atomic E-state index is 13.5. The van der Waals surface area contributed by atoms with Crippen LogP contribution in [0.3, 0.4) is 0 Å². The molecule has 4 rings (SSSR count). The van der Waals surface area contributed by atoms with Gasteiger partial charge in [-0.2, -0.15) is 0 Å². The van der Waals surface area contributed by atoms with E-state index in [9.17, 15) is 22.7 Å². The van der Waals surface area contributed by atoms with Crippen molar-refractivity contribution in [2.45, 2.75) is 18.9 Å². The Morgan fingerprint density at radius 3 is 2.55 bits per heavy atom. The van der Waals surface area contributed by atoms with Crippen molar-refractivity contribution in [3.8, 4) is 22.6 Å². The Bertz CT molecular complexity index is 1110. The number of ether oxygens (including phenoxy) is 1. The van der Waals surface area contributed by atoms with Gasteiger partial charge >= 0.3 is 6.36 Å². The van der Waals surface area contributed by atoms with Crippen LogP contribution in [-0.4, -0.2) is 52.9 Å². The molecule has 1 saturated heterocycles. The second-order valence-corrected chi connectivity index (χ2v) is 8.06. The van der Waals surface area contributed by atoms with E-state index in [0.717, 1.165) is 36.3 Å². The summed E-state index contributed by atoms with van der Waals surface area (Å²) in [7, 11) is 2.01. The zero-order chi connectivity index (χ0) is 23.6. The topological polar surface area (TPSA) is 48.8 Å². The highest BCUT2D eigenvalue weighted by molar-refractivity contribution is 5.74. The number of likely N-dealkylation sites (N-methyl/N-ethyl adjacent to an activating group) is 1. The summed E-state index contributed by atoms with van der Waals surface area (Å²) in [5.41, 5.74) is 2.23. The van der Waals surface area contributed by atoms with Crippen molar-refractivity contribution >= 4 is 0 Å². The predicted octanol–water partition coefficient (Wildman–Crippen LogP) is 4.98. The molecular weight excluding hydrogens is 438 g/mol. The van der Waals surface area contributed by atoms with Crippen molar-refractivity contribution in [2.75, 3.05) is 26.7 Å². The Morgan fingerprint density at radius 1 is 1.06 bits per heavy atom. The average molecular weight is 461 g/mol. The molecule has 1 aliphatic heterocycles. The number of rotatable bonds is 5. The molecular formula is C24H23F4N3O2. The first kappa shape index (κ1) is 23.0. The number of piperazine rings is 1. The molecule has 2 aromatic carbocycles. The second-order valence-electron chi connectivity index (χ2n) is 8.06. The van der Waals surface area contributed by atoms with Crippen LogP contribution in [-0.2, 0) is 6.54 Å². The zero-order valence-corrected chi connectivity index (χ0v) is 17.9. The van der Waals surface area contributed by atoms with Crippen molar-refractivity contribution < 1.29 is 27.4 Å². The molecule has 9 heteroatoms. The van der Waals surface area contributed by atoms with Gasteiger partial charge in [0.1, 0.15) is 17.3 Å². The minimum absolute atomic E-state index is 0.0274. The van der Waals surface area contributed by atoms with E-state index in [4.69, 9.17) is 0 Å². The molecule has 2 heterocycles. The first-order valence-corrected chi connectivity index (χ1v) is 10.4. The Labute approximate surface area is 188 Å². The van der Waals surface area contributed by atoms with Crippen LogP contribution in [0, 0.1) is 5.82 Å². The van der Waals surface area contributed by atoms with Crippen molar-refractivity contribution in [2.24, 2.45) is 0 Å². The van der Waals surface area contributed by atoms with Gasteiger partial charge in [0, 0.05) is 55.7 Å². The number of benzene rings is 2. The van der Waals surface area contributed by atoms with E-state index in [2.05, 4.69) is 19.5 Å². The third-order valence-electron chi connectivity index (χ3n) is 5.71. The first-order valence-electron chi connectivity index (χ1n) is 10.4. The van der Waals surface area contributed by atoms with Gasteiger partial charge in [-0.3, -0.25) is 9.88 Å². The number of aromatic hydroxyl groups is 1. The van der Waals surface area contributed by atoms with Crippen LogP contribution >= 0.6 is 0 Å². The van der Waals surface area contributed by atoms with Crippen LogP contribution in [0.2, 0.25) is 0 Å². The molecule has 1 aromatic heterocycles. The highest BCUT2D eigenvalue weighted by Gasteiger charge is 2.33. The molecule has 1 unspecified atom stereocenters. The summed E-state index contributed by atoms with van der Waals surface area (Å²) in [4.78, 5) is 8.48. The van der Waals surface area contributed by atoms with Crippen LogP contribution in [0.25, 0.3) is 11.1 Å². The monoisotopic (exact) mass is 461 g/mol. The smallest absolute Gasteiger partial charge is 0.508 e. The van der Waals surface area contributed by atoms with Crippen LogP contribution in [0.15, 0.2) is 60.9 Å². The molecule has 0 amide bonds. The number of hydrogen-bond donors (Lipinski definition) is 1. The van der Waals surface area contributed by atoms with Crippen LogP contribution in [0.4, 0.5) is 17.6 Å². The number of alkyl halides is 3. The fourth-order valence-electron chi connectivity index (χ4n) is 4.11. The second kappa shape index (κ2) is 9.36. The maximum absolute atomic E-state index is 13.5. The van der Waals surface area contributed by atoms with E-state index in [1.165, 1.54) is 24.4 Å². The van der Waals surface area contributed by atoms with Crippen LogP contribution in [0.5, 0.6) is 11.5 Å². The normalized spacial score (nSPS) is 17.8. The van der Waals surface area contributed by atoms with Gasteiger partial charge in [0.25, 0.3) is 0 Å². The summed E-state index contributed by atoms with van der Waals surface area (Å²) in [5, 5.41) is 9.95. The van der Waals surface area contributed by atoms with E-state index >= 15 is 0 Å². The molecule has 1 N–H and O–H groups in total. The minimum atomic E-state index is -4.88. The Kier molecular flexibility index (Phi) is 6.53. The Hall–Kier alpha value is -3.17. The molecule has 1 atom stereocenters. The van der Waals surface area contributed by atoms with Gasteiger partial charge < -0.3 is 14.7 Å². The summed E-state index contributed by atoms with van der Waals surface area (Å²) in [6, 6.07) is 11.5. The van der Waals surface area contributed by atoms with Gasteiger partial charge in [0.2, 0.25) is 0 Å². The quantitative estimate of drug-likeness (QED) is 0.543. The summed E-state index contributed by atoms with van der Waals surface area (Å²) < 4.78 is 56.6. The van der Waals surface area contributed by atoms with Crippen molar-refractivity contribution in [1.29, 1.82) is 0 Å². The van der Waals surface area contributed by atoms with E-state index in [1.807, 2.05) is 7.05 Å². The summed E-state index contributed by atoms with van der Waals surface area (Å²) in [5.74, 6) is -0.909. The maximum Gasteiger partial charge on any atom is 0.573 e. The van der Waals surface area contributed by atoms with E-state index in [0.29, 0.717) is 18.7 Å². The van der Waals surface area contributed by atoms with Crippen molar-refractivity contribution in [3.05, 3.63) is 77.9 Å². The van der Waals surface area contributed by atoms with E-state index in [1.54, 1.807) is 24.4 Å². The number of hydrogen-bond acceptors (Lipinski definition) is 5. The fraction of sp³-hybridized carbons (Fsp3) is 0.292. The minimum Gasteiger partial charge on any atom is -0.508 e. The van der Waals surface area contributed by atoms with Gasteiger partial charge in [-0.05, 0) is 54.6 Å². The SMILES string of the molecule is CN1CCN(Cc2ccncc2-c2cc(O)ccc2OC(F)(F)F)C(c2ccc(F)cc2)C1. The lowest BCUT2D eigenvalue weighted by molar-refractivity contribution is -0.274. The summed E-state index contributed by atoms with van der Waals surface area (Å²) in [6.45, 7) is 2.67. The third kappa shape index (κ3) is 5.61. The number of phenolic OH excluding ortho intramolecular Hbond substituents is 1. The lowest BCUT2D eigenvalue weighted by atomic mass is 9.97. The van der Waals surface area contributed by atoms with Crippen LogP contribution < -0.4 is 4.74 Å². The summed E-state index contributed by atoms with van der Waals surface area (Å²) in [6.07, 6.45) is -1.83. The molecule has 0 spiro atoms. The standard InChI is InChI=1S/C24H23F4N3O2/c1-30-10-11-31(22(15-30)16-2-4-18(25)5-3-16)14-17-8-9-29-13-21(17)20-12-19(32)6-7-23(20)33-24(26,27)28/h2-9,12-13,22,32H,10-11,14-15H2,1H3. The molecule has 1 fully saturated rings. The molecule has 0 radical (unpaired) electrons. The average Bonchev–Trinajstić information content (AvgIpc) is 2.76. The third-order valence-corrected chi connectivity index (χ3v) is 5.71. The number of aromatic nitrogens is 1. The van der Waals surface area contributed by atoms with Crippen molar-refractivity contribution in [1.82, 2.24) is 14.8 Å².